The average Bonchev–Trinajstić information content (AvgIpc) is 3.38. The van der Waals surface area contributed by atoms with Crippen LogP contribution >= 0.6 is 0 Å². The van der Waals surface area contributed by atoms with Gasteiger partial charge in [-0.25, -0.2) is 4.79 Å². The van der Waals surface area contributed by atoms with Crippen molar-refractivity contribution in [2.24, 2.45) is 0 Å². The van der Waals surface area contributed by atoms with Gasteiger partial charge in [-0.15, -0.1) is 0 Å². The molecule has 1 amide bonds. The van der Waals surface area contributed by atoms with Gasteiger partial charge in [0.1, 0.15) is 18.0 Å². The maximum absolute atomic E-state index is 13.4. The second-order valence-electron chi connectivity index (χ2n) is 7.86. The van der Waals surface area contributed by atoms with Gasteiger partial charge in [0.15, 0.2) is 0 Å². The molecule has 3 aromatic rings. The smallest absolute Gasteiger partial charge is 0.329 e. The van der Waals surface area contributed by atoms with E-state index < -0.39 is 0 Å². The van der Waals surface area contributed by atoms with Crippen molar-refractivity contribution < 1.29 is 14.3 Å². The lowest BCUT2D eigenvalue weighted by Gasteiger charge is -2.26. The van der Waals surface area contributed by atoms with E-state index in [1.54, 1.807) is 23.4 Å². The number of carbonyl (C=O) groups excluding carboxylic acids is 1. The molecule has 0 N–H and O–H groups in total. The molecule has 1 aliphatic heterocycles. The Morgan fingerprint density at radius 2 is 1.81 bits per heavy atom. The number of aryl methyl sites for hydroxylation is 1. The van der Waals surface area contributed by atoms with E-state index in [-0.39, 0.29) is 24.2 Å². The molecule has 31 heavy (non-hydrogen) atoms. The molecule has 2 heterocycles. The van der Waals surface area contributed by atoms with Crippen LogP contribution in [0, 0.1) is 0 Å². The van der Waals surface area contributed by atoms with Crippen LogP contribution in [0.15, 0.2) is 47.3 Å². The van der Waals surface area contributed by atoms with Gasteiger partial charge < -0.3 is 14.4 Å². The Morgan fingerprint density at radius 1 is 1.06 bits per heavy atom. The summed E-state index contributed by atoms with van der Waals surface area (Å²) in [5, 5.41) is 0. The van der Waals surface area contributed by atoms with Crippen molar-refractivity contribution in [3.05, 3.63) is 58.5 Å². The minimum Gasteiger partial charge on any atom is -0.497 e. The molecule has 2 aromatic carbocycles. The van der Waals surface area contributed by atoms with Crippen LogP contribution in [-0.2, 0) is 17.9 Å². The molecule has 1 aliphatic rings. The second kappa shape index (κ2) is 8.88. The zero-order chi connectivity index (χ0) is 22.0. The molecule has 1 aromatic heterocycles. The molecule has 0 unspecified atom stereocenters. The first kappa shape index (κ1) is 21.0. The molecule has 0 spiro atoms. The SMILES string of the molecule is CCCn1c(=O)n(CC(=O)N2CCC[C@@H]2c2ccc(OC)cc2OC)c2ccccc21. The highest BCUT2D eigenvalue weighted by atomic mass is 16.5. The molecule has 1 saturated heterocycles. The van der Waals surface area contributed by atoms with Gasteiger partial charge in [0.05, 0.1) is 31.3 Å². The van der Waals surface area contributed by atoms with E-state index in [2.05, 4.69) is 0 Å². The minimum atomic E-state index is -0.130. The number of amides is 1. The van der Waals surface area contributed by atoms with Gasteiger partial charge in [-0.1, -0.05) is 19.1 Å². The van der Waals surface area contributed by atoms with Crippen LogP contribution in [0.5, 0.6) is 11.5 Å². The average molecular weight is 424 g/mol. The zero-order valence-electron chi connectivity index (χ0n) is 18.3. The lowest BCUT2D eigenvalue weighted by Crippen LogP contribution is -2.36. The van der Waals surface area contributed by atoms with Gasteiger partial charge in [0.2, 0.25) is 5.91 Å². The maximum Gasteiger partial charge on any atom is 0.329 e. The molecule has 4 rings (SSSR count). The minimum absolute atomic E-state index is 0.0328. The molecule has 0 radical (unpaired) electrons. The third kappa shape index (κ3) is 3.80. The first-order valence-electron chi connectivity index (χ1n) is 10.8. The predicted octanol–water partition coefficient (Wildman–Crippen LogP) is 3.59. The highest BCUT2D eigenvalue weighted by Crippen LogP contribution is 2.38. The van der Waals surface area contributed by atoms with Crippen molar-refractivity contribution in [2.75, 3.05) is 20.8 Å². The number of carbonyl (C=O) groups is 1. The molecule has 1 atom stereocenters. The lowest BCUT2D eigenvalue weighted by molar-refractivity contribution is -0.132. The Kier molecular flexibility index (Phi) is 6.02. The number of aromatic nitrogens is 2. The largest absolute Gasteiger partial charge is 0.497 e. The first-order valence-corrected chi connectivity index (χ1v) is 10.8. The molecule has 7 nitrogen and oxygen atoms in total. The lowest BCUT2D eigenvalue weighted by atomic mass is 10.0. The number of para-hydroxylation sites is 2. The fourth-order valence-corrected chi connectivity index (χ4v) is 4.57. The second-order valence-corrected chi connectivity index (χ2v) is 7.86. The fourth-order valence-electron chi connectivity index (χ4n) is 4.57. The number of imidazole rings is 1. The molecule has 1 fully saturated rings. The topological polar surface area (TPSA) is 65.7 Å². The summed E-state index contributed by atoms with van der Waals surface area (Å²) in [6.45, 7) is 3.38. The number of benzene rings is 2. The number of rotatable bonds is 7. The monoisotopic (exact) mass is 423 g/mol. The first-order chi connectivity index (χ1) is 15.1. The Balaban J connectivity index is 1.65. The van der Waals surface area contributed by atoms with E-state index in [1.807, 2.05) is 54.3 Å². The Labute approximate surface area is 181 Å². The highest BCUT2D eigenvalue weighted by molar-refractivity contribution is 5.81. The number of likely N-dealkylation sites (tertiary alicyclic amines) is 1. The van der Waals surface area contributed by atoms with Crippen LogP contribution in [0.4, 0.5) is 0 Å². The highest BCUT2D eigenvalue weighted by Gasteiger charge is 2.32. The molecule has 0 aliphatic carbocycles. The normalized spacial score (nSPS) is 16.1. The van der Waals surface area contributed by atoms with Crippen molar-refractivity contribution in [3.63, 3.8) is 0 Å². The number of hydrogen-bond acceptors (Lipinski definition) is 4. The van der Waals surface area contributed by atoms with Crippen molar-refractivity contribution in [1.82, 2.24) is 14.0 Å². The van der Waals surface area contributed by atoms with Crippen LogP contribution in [0.25, 0.3) is 11.0 Å². The number of hydrogen-bond donors (Lipinski definition) is 0. The number of nitrogens with zero attached hydrogens (tertiary/aromatic N) is 3. The number of fused-ring (bicyclic) bond motifs is 1. The molecule has 0 saturated carbocycles. The summed E-state index contributed by atoms with van der Waals surface area (Å²) in [6.07, 6.45) is 2.63. The van der Waals surface area contributed by atoms with Crippen molar-refractivity contribution in [2.45, 2.75) is 45.3 Å². The van der Waals surface area contributed by atoms with E-state index in [0.717, 1.165) is 35.9 Å². The van der Waals surface area contributed by atoms with E-state index in [4.69, 9.17) is 9.47 Å². The Bertz CT molecular complexity index is 1150. The predicted molar refractivity (Wildman–Crippen MR) is 120 cm³/mol. The van der Waals surface area contributed by atoms with Gasteiger partial charge in [-0.3, -0.25) is 13.9 Å². The standard InChI is InChI=1S/C24H29N3O4/c1-4-13-26-20-8-5-6-9-21(20)27(24(26)29)16-23(28)25-14-7-10-19(25)18-12-11-17(30-2)15-22(18)31-3/h5-6,8-9,11-12,15,19H,4,7,10,13-14,16H2,1-3H3/t19-/m1/s1. The van der Waals surface area contributed by atoms with E-state index >= 15 is 0 Å². The summed E-state index contributed by atoms with van der Waals surface area (Å²) in [6, 6.07) is 13.3. The van der Waals surface area contributed by atoms with Crippen LogP contribution in [0.1, 0.15) is 37.8 Å². The van der Waals surface area contributed by atoms with Crippen LogP contribution < -0.4 is 15.2 Å². The molecule has 164 valence electrons. The summed E-state index contributed by atoms with van der Waals surface area (Å²) < 4.78 is 14.2. The molecule has 0 bridgehead atoms. The van der Waals surface area contributed by atoms with E-state index in [0.29, 0.717) is 24.6 Å². The van der Waals surface area contributed by atoms with E-state index in [9.17, 15) is 9.59 Å². The van der Waals surface area contributed by atoms with Crippen LogP contribution in [-0.4, -0.2) is 40.7 Å². The summed E-state index contributed by atoms with van der Waals surface area (Å²) in [5.41, 5.74) is 2.51. The summed E-state index contributed by atoms with van der Waals surface area (Å²) in [7, 11) is 3.24. The van der Waals surface area contributed by atoms with Crippen molar-refractivity contribution in [3.8, 4) is 11.5 Å². The molecule has 7 heteroatoms. The Morgan fingerprint density at radius 3 is 2.48 bits per heavy atom. The van der Waals surface area contributed by atoms with Gasteiger partial charge in [0.25, 0.3) is 0 Å². The van der Waals surface area contributed by atoms with Crippen LogP contribution in [0.3, 0.4) is 0 Å². The van der Waals surface area contributed by atoms with Crippen molar-refractivity contribution >= 4 is 16.9 Å². The van der Waals surface area contributed by atoms with Gasteiger partial charge in [-0.2, -0.15) is 0 Å². The van der Waals surface area contributed by atoms with Crippen LogP contribution in [0.2, 0.25) is 0 Å². The van der Waals surface area contributed by atoms with Gasteiger partial charge >= 0.3 is 5.69 Å². The van der Waals surface area contributed by atoms with Gasteiger partial charge in [-0.05, 0) is 43.5 Å². The third-order valence-corrected chi connectivity index (χ3v) is 6.04. The summed E-state index contributed by atoms with van der Waals surface area (Å²) in [4.78, 5) is 28.3. The number of methoxy groups -OCH3 is 2. The molecular weight excluding hydrogens is 394 g/mol. The Hall–Kier alpha value is -3.22. The number of ether oxygens (including phenoxy) is 2. The zero-order valence-corrected chi connectivity index (χ0v) is 18.3. The summed E-state index contributed by atoms with van der Waals surface area (Å²) in [5.74, 6) is 1.37. The van der Waals surface area contributed by atoms with E-state index in [1.165, 1.54) is 0 Å². The molecular formula is C24H29N3O4. The fraction of sp³-hybridized carbons (Fsp3) is 0.417. The summed E-state index contributed by atoms with van der Waals surface area (Å²) >= 11 is 0. The maximum atomic E-state index is 13.4. The van der Waals surface area contributed by atoms with Gasteiger partial charge in [0, 0.05) is 24.7 Å². The third-order valence-electron chi connectivity index (χ3n) is 6.04. The quantitative estimate of drug-likeness (QED) is 0.583. The van der Waals surface area contributed by atoms with Crippen molar-refractivity contribution in [1.29, 1.82) is 0 Å².